The molecule has 6 heteroatoms. The lowest BCUT2D eigenvalue weighted by Crippen LogP contribution is -2.24. The highest BCUT2D eigenvalue weighted by Gasteiger charge is 2.10. The van der Waals surface area contributed by atoms with Crippen LogP contribution in [0.1, 0.15) is 5.56 Å². The highest BCUT2D eigenvalue weighted by Crippen LogP contribution is 2.31. The van der Waals surface area contributed by atoms with E-state index in [-0.39, 0.29) is 11.4 Å². The number of halogens is 2. The third kappa shape index (κ3) is 3.89. The van der Waals surface area contributed by atoms with E-state index in [1.165, 1.54) is 28.6 Å². The maximum Gasteiger partial charge on any atom is 0.282 e. The zero-order valence-corrected chi connectivity index (χ0v) is 14.3. The van der Waals surface area contributed by atoms with E-state index in [0.29, 0.717) is 15.9 Å². The van der Waals surface area contributed by atoms with Crippen LogP contribution in [0, 0.1) is 5.82 Å². The lowest BCUT2D eigenvalue weighted by atomic mass is 10.2. The SMILES string of the molecule is O=c1c(Br)c(Sc2ccc(F)cc2)cnn1Cc1ccccc1. The van der Waals surface area contributed by atoms with Gasteiger partial charge in [0.05, 0.1) is 22.1 Å². The summed E-state index contributed by atoms with van der Waals surface area (Å²) in [6, 6.07) is 15.8. The fourth-order valence-corrected chi connectivity index (χ4v) is 3.37. The molecular formula is C17H12BrFN2OS. The number of aromatic nitrogens is 2. The van der Waals surface area contributed by atoms with E-state index in [1.807, 2.05) is 30.3 Å². The van der Waals surface area contributed by atoms with Crippen LogP contribution in [-0.4, -0.2) is 9.78 Å². The predicted molar refractivity (Wildman–Crippen MR) is 92.3 cm³/mol. The minimum Gasteiger partial charge on any atom is -0.266 e. The van der Waals surface area contributed by atoms with Gasteiger partial charge in [0, 0.05) is 4.90 Å². The van der Waals surface area contributed by atoms with E-state index in [2.05, 4.69) is 21.0 Å². The van der Waals surface area contributed by atoms with Crippen LogP contribution < -0.4 is 5.56 Å². The van der Waals surface area contributed by atoms with Crippen LogP contribution in [0.3, 0.4) is 0 Å². The van der Waals surface area contributed by atoms with Crippen molar-refractivity contribution < 1.29 is 4.39 Å². The summed E-state index contributed by atoms with van der Waals surface area (Å²) in [5.41, 5.74) is 0.814. The van der Waals surface area contributed by atoms with E-state index in [9.17, 15) is 9.18 Å². The Labute approximate surface area is 145 Å². The quantitative estimate of drug-likeness (QED) is 0.664. The second-order valence-electron chi connectivity index (χ2n) is 4.83. The van der Waals surface area contributed by atoms with Crippen molar-refractivity contribution in [1.29, 1.82) is 0 Å². The molecule has 1 heterocycles. The van der Waals surface area contributed by atoms with Crippen molar-refractivity contribution >= 4 is 27.7 Å². The molecule has 0 fully saturated rings. The standard InChI is InChI=1S/C17H12BrFN2OS/c18-16-15(23-14-8-6-13(19)7-9-14)10-20-21(17(16)22)11-12-4-2-1-3-5-12/h1-10H,11H2. The summed E-state index contributed by atoms with van der Waals surface area (Å²) in [6.45, 7) is 0.416. The first kappa shape index (κ1) is 16.0. The van der Waals surface area contributed by atoms with E-state index >= 15 is 0 Å². The van der Waals surface area contributed by atoms with Crippen molar-refractivity contribution in [2.75, 3.05) is 0 Å². The Morgan fingerprint density at radius 2 is 1.78 bits per heavy atom. The molecule has 0 N–H and O–H groups in total. The van der Waals surface area contributed by atoms with E-state index in [4.69, 9.17) is 0 Å². The van der Waals surface area contributed by atoms with Crippen LogP contribution in [0.5, 0.6) is 0 Å². The number of benzene rings is 2. The predicted octanol–water partition coefficient (Wildman–Crippen LogP) is 4.34. The van der Waals surface area contributed by atoms with Crippen molar-refractivity contribution in [3.05, 3.63) is 87.0 Å². The Hall–Kier alpha value is -1.92. The van der Waals surface area contributed by atoms with Gasteiger partial charge in [-0.2, -0.15) is 5.10 Å². The molecule has 0 aliphatic heterocycles. The Morgan fingerprint density at radius 3 is 2.48 bits per heavy atom. The Morgan fingerprint density at radius 1 is 1.09 bits per heavy atom. The average Bonchev–Trinajstić information content (AvgIpc) is 2.57. The molecule has 0 atom stereocenters. The Balaban J connectivity index is 1.85. The van der Waals surface area contributed by atoms with Gasteiger partial charge in [-0.05, 0) is 45.8 Å². The van der Waals surface area contributed by atoms with Gasteiger partial charge in [-0.3, -0.25) is 4.79 Å². The summed E-state index contributed by atoms with van der Waals surface area (Å²) in [6.07, 6.45) is 1.64. The summed E-state index contributed by atoms with van der Waals surface area (Å²) < 4.78 is 14.8. The molecule has 0 spiro atoms. The molecule has 3 nitrogen and oxygen atoms in total. The fourth-order valence-electron chi connectivity index (χ4n) is 2.02. The molecule has 23 heavy (non-hydrogen) atoms. The van der Waals surface area contributed by atoms with Crippen LogP contribution in [0.2, 0.25) is 0 Å². The second kappa shape index (κ2) is 7.10. The maximum atomic E-state index is 12.9. The summed E-state index contributed by atoms with van der Waals surface area (Å²) >= 11 is 4.71. The number of hydrogen-bond donors (Lipinski definition) is 0. The fraction of sp³-hybridized carbons (Fsp3) is 0.0588. The highest BCUT2D eigenvalue weighted by atomic mass is 79.9. The summed E-state index contributed by atoms with van der Waals surface area (Å²) in [4.78, 5) is 14.0. The normalized spacial score (nSPS) is 10.7. The van der Waals surface area contributed by atoms with Crippen LogP contribution in [0.25, 0.3) is 0 Å². The van der Waals surface area contributed by atoms with Gasteiger partial charge in [0.2, 0.25) is 0 Å². The molecule has 0 saturated carbocycles. The zero-order valence-electron chi connectivity index (χ0n) is 11.9. The Bertz CT molecular complexity index is 866. The van der Waals surface area contributed by atoms with Crippen LogP contribution >= 0.6 is 27.7 Å². The minimum absolute atomic E-state index is 0.194. The van der Waals surface area contributed by atoms with Gasteiger partial charge < -0.3 is 0 Å². The molecule has 2 aromatic carbocycles. The molecule has 1 aromatic heterocycles. The molecule has 116 valence electrons. The third-order valence-corrected chi connectivity index (χ3v) is 5.24. The van der Waals surface area contributed by atoms with Crippen LogP contribution in [0.4, 0.5) is 4.39 Å². The summed E-state index contributed by atoms with van der Waals surface area (Å²) in [7, 11) is 0. The van der Waals surface area contributed by atoms with E-state index in [0.717, 1.165) is 10.5 Å². The van der Waals surface area contributed by atoms with Gasteiger partial charge in [0.25, 0.3) is 5.56 Å². The molecule has 0 bridgehead atoms. The first-order valence-electron chi connectivity index (χ1n) is 6.86. The monoisotopic (exact) mass is 390 g/mol. The van der Waals surface area contributed by atoms with Gasteiger partial charge in [0.15, 0.2) is 0 Å². The number of rotatable bonds is 4. The van der Waals surface area contributed by atoms with Crippen molar-refractivity contribution in [2.24, 2.45) is 0 Å². The molecule has 0 aliphatic rings. The lowest BCUT2D eigenvalue weighted by Gasteiger charge is -2.08. The first-order valence-corrected chi connectivity index (χ1v) is 8.47. The topological polar surface area (TPSA) is 34.9 Å². The molecular weight excluding hydrogens is 379 g/mol. The van der Waals surface area contributed by atoms with Gasteiger partial charge >= 0.3 is 0 Å². The van der Waals surface area contributed by atoms with Crippen molar-refractivity contribution in [1.82, 2.24) is 9.78 Å². The molecule has 0 saturated heterocycles. The summed E-state index contributed by atoms with van der Waals surface area (Å²) in [5.74, 6) is -0.287. The number of nitrogens with zero attached hydrogens (tertiary/aromatic N) is 2. The molecule has 3 aromatic rings. The lowest BCUT2D eigenvalue weighted by molar-refractivity contribution is 0.625. The van der Waals surface area contributed by atoms with Crippen molar-refractivity contribution in [3.63, 3.8) is 0 Å². The van der Waals surface area contributed by atoms with Gasteiger partial charge in [-0.15, -0.1) is 0 Å². The Kier molecular flexibility index (Phi) is 4.93. The van der Waals surface area contributed by atoms with Crippen molar-refractivity contribution in [3.8, 4) is 0 Å². The molecule has 0 amide bonds. The highest BCUT2D eigenvalue weighted by molar-refractivity contribution is 9.10. The van der Waals surface area contributed by atoms with Crippen molar-refractivity contribution in [2.45, 2.75) is 16.3 Å². The van der Waals surface area contributed by atoms with E-state index < -0.39 is 0 Å². The summed E-state index contributed by atoms with van der Waals surface area (Å²) in [5, 5.41) is 4.23. The first-order chi connectivity index (χ1) is 11.1. The third-order valence-electron chi connectivity index (χ3n) is 3.17. The largest absolute Gasteiger partial charge is 0.282 e. The number of hydrogen-bond acceptors (Lipinski definition) is 3. The zero-order chi connectivity index (χ0) is 16.2. The smallest absolute Gasteiger partial charge is 0.266 e. The van der Waals surface area contributed by atoms with E-state index in [1.54, 1.807) is 18.3 Å². The van der Waals surface area contributed by atoms with Crippen LogP contribution in [-0.2, 0) is 6.54 Å². The molecule has 0 radical (unpaired) electrons. The average molecular weight is 391 g/mol. The van der Waals surface area contributed by atoms with Gasteiger partial charge in [-0.1, -0.05) is 42.1 Å². The second-order valence-corrected chi connectivity index (χ2v) is 6.74. The molecule has 0 unspecified atom stereocenters. The van der Waals surface area contributed by atoms with Crippen LogP contribution in [0.15, 0.2) is 79.9 Å². The van der Waals surface area contributed by atoms with Gasteiger partial charge in [0.1, 0.15) is 5.82 Å². The molecule has 0 aliphatic carbocycles. The molecule has 3 rings (SSSR count). The minimum atomic E-state index is -0.287. The van der Waals surface area contributed by atoms with Gasteiger partial charge in [-0.25, -0.2) is 9.07 Å². The maximum absolute atomic E-state index is 12.9.